The Morgan fingerprint density at radius 1 is 1.32 bits per heavy atom. The molecule has 0 saturated heterocycles. The molecule has 0 bridgehead atoms. The largest absolute Gasteiger partial charge is 0.370 e. The number of anilines is 2. The molecule has 0 aliphatic heterocycles. The number of aryl methyl sites for hydroxylation is 1. The van der Waals surface area contributed by atoms with Gasteiger partial charge in [-0.2, -0.15) is 0 Å². The van der Waals surface area contributed by atoms with Gasteiger partial charge < -0.3 is 10.2 Å². The zero-order valence-electron chi connectivity index (χ0n) is 13.4. The van der Waals surface area contributed by atoms with Crippen LogP contribution in [0.25, 0.3) is 0 Å². The highest BCUT2D eigenvalue weighted by molar-refractivity contribution is 5.49. The molecule has 1 aromatic heterocycles. The molecule has 1 rings (SSSR count). The van der Waals surface area contributed by atoms with Crippen molar-refractivity contribution < 1.29 is 0 Å². The van der Waals surface area contributed by atoms with Gasteiger partial charge in [0.15, 0.2) is 0 Å². The summed E-state index contributed by atoms with van der Waals surface area (Å²) < 4.78 is 0. The molecule has 0 amide bonds. The van der Waals surface area contributed by atoms with Crippen LogP contribution in [0.5, 0.6) is 0 Å². The van der Waals surface area contributed by atoms with Gasteiger partial charge in [-0.15, -0.1) is 0 Å². The molecule has 108 valence electrons. The first-order valence-corrected chi connectivity index (χ1v) is 7.08. The van der Waals surface area contributed by atoms with Crippen LogP contribution in [0.3, 0.4) is 0 Å². The summed E-state index contributed by atoms with van der Waals surface area (Å²) in [6, 6.07) is 2.44. The van der Waals surface area contributed by atoms with Crippen LogP contribution in [-0.2, 0) is 0 Å². The molecule has 0 spiro atoms. The Hall–Kier alpha value is -1.32. The van der Waals surface area contributed by atoms with Crippen LogP contribution in [0.15, 0.2) is 6.07 Å². The van der Waals surface area contributed by atoms with E-state index >= 15 is 0 Å². The lowest BCUT2D eigenvalue weighted by molar-refractivity contribution is 0.328. The van der Waals surface area contributed by atoms with Crippen LogP contribution in [-0.4, -0.2) is 29.6 Å². The third-order valence-corrected chi connectivity index (χ3v) is 3.58. The van der Waals surface area contributed by atoms with Gasteiger partial charge in [-0.3, -0.25) is 0 Å². The van der Waals surface area contributed by atoms with Gasteiger partial charge >= 0.3 is 0 Å². The molecule has 19 heavy (non-hydrogen) atoms. The predicted molar refractivity (Wildman–Crippen MR) is 82.9 cm³/mol. The number of aromatic nitrogens is 2. The average Bonchev–Trinajstić information content (AvgIpc) is 2.32. The van der Waals surface area contributed by atoms with Crippen LogP contribution < -0.4 is 10.2 Å². The Labute approximate surface area is 117 Å². The summed E-state index contributed by atoms with van der Waals surface area (Å²) in [6.07, 6.45) is 1.09. The smallest absolute Gasteiger partial charge is 0.134 e. The molecule has 0 saturated carbocycles. The van der Waals surface area contributed by atoms with Gasteiger partial charge in [0, 0.05) is 25.7 Å². The van der Waals surface area contributed by atoms with E-state index in [4.69, 9.17) is 0 Å². The van der Waals surface area contributed by atoms with Crippen molar-refractivity contribution in [2.75, 3.05) is 23.8 Å². The molecular formula is C15H28N4. The van der Waals surface area contributed by atoms with Crippen molar-refractivity contribution in [3.05, 3.63) is 11.9 Å². The van der Waals surface area contributed by atoms with Gasteiger partial charge in [0.1, 0.15) is 17.5 Å². The zero-order valence-corrected chi connectivity index (χ0v) is 13.4. The number of hydrogen-bond donors (Lipinski definition) is 1. The molecule has 0 aromatic carbocycles. The molecule has 4 nitrogen and oxygen atoms in total. The first-order chi connectivity index (χ1) is 8.75. The summed E-state index contributed by atoms with van der Waals surface area (Å²) >= 11 is 0. The summed E-state index contributed by atoms with van der Waals surface area (Å²) in [7, 11) is 2.10. The molecule has 1 unspecified atom stereocenters. The highest BCUT2D eigenvalue weighted by Gasteiger charge is 2.25. The molecule has 0 aliphatic rings. The molecule has 1 aromatic rings. The fourth-order valence-corrected chi connectivity index (χ4v) is 1.86. The SMILES string of the molecule is CCCNc1cc(N(C)C(C)C(C)(C)C)nc(C)n1. The molecule has 0 aliphatic carbocycles. The minimum absolute atomic E-state index is 0.213. The van der Waals surface area contributed by atoms with Crippen molar-refractivity contribution in [2.24, 2.45) is 5.41 Å². The van der Waals surface area contributed by atoms with Crippen molar-refractivity contribution in [3.8, 4) is 0 Å². The van der Waals surface area contributed by atoms with E-state index in [1.165, 1.54) is 0 Å². The van der Waals surface area contributed by atoms with Gasteiger partial charge in [0.2, 0.25) is 0 Å². The quantitative estimate of drug-likeness (QED) is 0.884. The van der Waals surface area contributed by atoms with Crippen molar-refractivity contribution in [2.45, 2.75) is 54.0 Å². The minimum atomic E-state index is 0.213. The van der Waals surface area contributed by atoms with Crippen molar-refractivity contribution in [1.29, 1.82) is 0 Å². The lowest BCUT2D eigenvalue weighted by Crippen LogP contribution is -2.40. The van der Waals surface area contributed by atoms with Crippen molar-refractivity contribution in [1.82, 2.24) is 9.97 Å². The van der Waals surface area contributed by atoms with Crippen LogP contribution in [0.4, 0.5) is 11.6 Å². The van der Waals surface area contributed by atoms with E-state index in [0.29, 0.717) is 6.04 Å². The molecule has 1 N–H and O–H groups in total. The summed E-state index contributed by atoms with van der Waals surface area (Å²) in [4.78, 5) is 11.2. The van der Waals surface area contributed by atoms with Gasteiger partial charge in [-0.05, 0) is 25.7 Å². The Balaban J connectivity index is 2.96. The summed E-state index contributed by atoms with van der Waals surface area (Å²) in [5.74, 6) is 2.70. The maximum atomic E-state index is 4.55. The first kappa shape index (κ1) is 15.7. The fourth-order valence-electron chi connectivity index (χ4n) is 1.86. The van der Waals surface area contributed by atoms with E-state index in [2.05, 4.69) is 61.9 Å². The number of nitrogens with zero attached hydrogens (tertiary/aromatic N) is 3. The summed E-state index contributed by atoms with van der Waals surface area (Å²) in [6.45, 7) is 14.0. The first-order valence-electron chi connectivity index (χ1n) is 7.08. The topological polar surface area (TPSA) is 41.0 Å². The second-order valence-corrected chi connectivity index (χ2v) is 6.24. The third-order valence-electron chi connectivity index (χ3n) is 3.58. The van der Waals surface area contributed by atoms with Crippen LogP contribution in [0.1, 0.15) is 46.9 Å². The number of hydrogen-bond acceptors (Lipinski definition) is 4. The zero-order chi connectivity index (χ0) is 14.6. The van der Waals surface area contributed by atoms with Crippen LogP contribution in [0, 0.1) is 12.3 Å². The molecule has 0 fully saturated rings. The summed E-state index contributed by atoms with van der Waals surface area (Å²) in [5.41, 5.74) is 0.213. The monoisotopic (exact) mass is 264 g/mol. The maximum absolute atomic E-state index is 4.55. The van der Waals surface area contributed by atoms with Gasteiger partial charge in [-0.1, -0.05) is 27.7 Å². The Kier molecular flexibility index (Phi) is 5.15. The highest BCUT2D eigenvalue weighted by atomic mass is 15.2. The molecule has 0 radical (unpaired) electrons. The maximum Gasteiger partial charge on any atom is 0.134 e. The van der Waals surface area contributed by atoms with E-state index in [1.54, 1.807) is 0 Å². The highest BCUT2D eigenvalue weighted by Crippen LogP contribution is 2.27. The van der Waals surface area contributed by atoms with Crippen molar-refractivity contribution in [3.63, 3.8) is 0 Å². The Morgan fingerprint density at radius 2 is 1.95 bits per heavy atom. The van der Waals surface area contributed by atoms with Gasteiger partial charge in [0.05, 0.1) is 0 Å². The standard InChI is InChI=1S/C15H28N4/c1-8-9-16-13-10-14(18-12(3)17-13)19(7)11(2)15(4,5)6/h10-11H,8-9H2,1-7H3,(H,16,17,18). The molecule has 4 heteroatoms. The van der Waals surface area contributed by atoms with E-state index in [-0.39, 0.29) is 5.41 Å². The molecular weight excluding hydrogens is 236 g/mol. The normalized spacial score (nSPS) is 13.2. The van der Waals surface area contributed by atoms with E-state index < -0.39 is 0 Å². The molecule has 1 heterocycles. The third kappa shape index (κ3) is 4.37. The van der Waals surface area contributed by atoms with Crippen LogP contribution in [0.2, 0.25) is 0 Å². The second-order valence-electron chi connectivity index (χ2n) is 6.24. The van der Waals surface area contributed by atoms with Crippen LogP contribution >= 0.6 is 0 Å². The Morgan fingerprint density at radius 3 is 2.47 bits per heavy atom. The lowest BCUT2D eigenvalue weighted by Gasteiger charge is -2.36. The predicted octanol–water partition coefficient (Wildman–Crippen LogP) is 3.48. The number of nitrogens with one attached hydrogen (secondary N) is 1. The van der Waals surface area contributed by atoms with E-state index in [0.717, 1.165) is 30.4 Å². The lowest BCUT2D eigenvalue weighted by atomic mass is 9.87. The van der Waals surface area contributed by atoms with E-state index in [1.807, 2.05) is 13.0 Å². The molecule has 1 atom stereocenters. The second kappa shape index (κ2) is 6.22. The minimum Gasteiger partial charge on any atom is -0.370 e. The summed E-state index contributed by atoms with van der Waals surface area (Å²) in [5, 5.41) is 3.33. The van der Waals surface area contributed by atoms with Crippen molar-refractivity contribution >= 4 is 11.6 Å². The fraction of sp³-hybridized carbons (Fsp3) is 0.733. The van der Waals surface area contributed by atoms with Gasteiger partial charge in [-0.25, -0.2) is 9.97 Å². The number of rotatable bonds is 5. The average molecular weight is 264 g/mol. The Bertz CT molecular complexity index is 409. The van der Waals surface area contributed by atoms with E-state index in [9.17, 15) is 0 Å². The van der Waals surface area contributed by atoms with Gasteiger partial charge in [0.25, 0.3) is 0 Å².